The molecule has 0 aliphatic heterocycles. The first-order valence-electron chi connectivity index (χ1n) is 9.24. The van der Waals surface area contributed by atoms with Gasteiger partial charge in [0.15, 0.2) is 0 Å². The van der Waals surface area contributed by atoms with Crippen LogP contribution >= 0.6 is 0 Å². The van der Waals surface area contributed by atoms with E-state index in [1.54, 1.807) is 0 Å². The molecule has 0 nitrogen and oxygen atoms in total. The molecular formula is C23H30. The van der Waals surface area contributed by atoms with Gasteiger partial charge < -0.3 is 0 Å². The Labute approximate surface area is 141 Å². The third-order valence-electron chi connectivity index (χ3n) is 5.58. The van der Waals surface area contributed by atoms with Gasteiger partial charge in [-0.2, -0.15) is 0 Å². The van der Waals surface area contributed by atoms with Crippen molar-refractivity contribution in [3.63, 3.8) is 0 Å². The van der Waals surface area contributed by atoms with Gasteiger partial charge in [-0.1, -0.05) is 76.2 Å². The van der Waals surface area contributed by atoms with Crippen LogP contribution in [0.2, 0.25) is 0 Å². The molecule has 0 spiro atoms. The van der Waals surface area contributed by atoms with Crippen molar-refractivity contribution in [1.29, 1.82) is 0 Å². The number of benzene rings is 2. The average Bonchev–Trinajstić information content (AvgIpc) is 3.05. The van der Waals surface area contributed by atoms with Gasteiger partial charge in [0.1, 0.15) is 0 Å². The summed E-state index contributed by atoms with van der Waals surface area (Å²) < 4.78 is 0. The first kappa shape index (κ1) is 16.3. The van der Waals surface area contributed by atoms with Crippen LogP contribution in [0, 0.1) is 0 Å². The Bertz CT molecular complexity index is 559. The van der Waals surface area contributed by atoms with E-state index in [2.05, 4.69) is 76.2 Å². The summed E-state index contributed by atoms with van der Waals surface area (Å²) in [6, 6.07) is 18.8. The molecule has 23 heavy (non-hydrogen) atoms. The summed E-state index contributed by atoms with van der Waals surface area (Å²) >= 11 is 0. The van der Waals surface area contributed by atoms with Crippen molar-refractivity contribution in [2.75, 3.05) is 0 Å². The first-order chi connectivity index (χ1) is 11.0. The highest BCUT2D eigenvalue weighted by atomic mass is 14.3. The first-order valence-corrected chi connectivity index (χ1v) is 9.24. The van der Waals surface area contributed by atoms with Crippen LogP contribution in [0.5, 0.6) is 0 Å². The molecule has 0 saturated heterocycles. The van der Waals surface area contributed by atoms with Gasteiger partial charge in [-0.3, -0.25) is 0 Å². The van der Waals surface area contributed by atoms with E-state index in [4.69, 9.17) is 0 Å². The Morgan fingerprint density at radius 2 is 0.957 bits per heavy atom. The zero-order valence-electron chi connectivity index (χ0n) is 15.0. The van der Waals surface area contributed by atoms with Crippen molar-refractivity contribution in [1.82, 2.24) is 0 Å². The molecule has 2 unspecified atom stereocenters. The van der Waals surface area contributed by atoms with Crippen molar-refractivity contribution in [3.05, 3.63) is 70.8 Å². The minimum absolute atomic E-state index is 0.625. The molecule has 0 bridgehead atoms. The third-order valence-corrected chi connectivity index (χ3v) is 5.58. The predicted octanol–water partition coefficient (Wildman–Crippen LogP) is 6.98. The minimum Gasteiger partial charge on any atom is -0.0587 e. The lowest BCUT2D eigenvalue weighted by Crippen LogP contribution is -1.97. The van der Waals surface area contributed by atoms with Gasteiger partial charge in [-0.05, 0) is 65.2 Å². The van der Waals surface area contributed by atoms with Gasteiger partial charge in [-0.15, -0.1) is 0 Å². The second-order valence-electron chi connectivity index (χ2n) is 7.85. The Hall–Kier alpha value is -1.56. The van der Waals surface area contributed by atoms with E-state index in [9.17, 15) is 0 Å². The lowest BCUT2D eigenvalue weighted by atomic mass is 9.91. The zero-order chi connectivity index (χ0) is 16.4. The Morgan fingerprint density at radius 1 is 0.609 bits per heavy atom. The fourth-order valence-electron chi connectivity index (χ4n) is 3.89. The molecule has 2 atom stereocenters. The molecular weight excluding hydrogens is 276 g/mol. The molecule has 2 aromatic carbocycles. The Kier molecular flexibility index (Phi) is 4.90. The van der Waals surface area contributed by atoms with Crippen LogP contribution in [0.15, 0.2) is 48.5 Å². The summed E-state index contributed by atoms with van der Waals surface area (Å²) in [7, 11) is 0. The molecule has 2 aromatic rings. The molecule has 0 amide bonds. The molecule has 1 aliphatic rings. The van der Waals surface area contributed by atoms with Gasteiger partial charge in [-0.25, -0.2) is 0 Å². The quantitative estimate of drug-likeness (QED) is 0.571. The van der Waals surface area contributed by atoms with Gasteiger partial charge in [0.2, 0.25) is 0 Å². The van der Waals surface area contributed by atoms with Crippen LogP contribution in [0.4, 0.5) is 0 Å². The van der Waals surface area contributed by atoms with Crippen molar-refractivity contribution in [2.24, 2.45) is 0 Å². The van der Waals surface area contributed by atoms with E-state index in [0.29, 0.717) is 11.8 Å². The highest BCUT2D eigenvalue weighted by molar-refractivity contribution is 5.31. The summed E-state index contributed by atoms with van der Waals surface area (Å²) in [5.41, 5.74) is 5.98. The monoisotopic (exact) mass is 306 g/mol. The number of hydrogen-bond donors (Lipinski definition) is 0. The maximum Gasteiger partial charge on any atom is -0.0156 e. The molecule has 0 heteroatoms. The molecule has 1 aliphatic carbocycles. The molecule has 0 heterocycles. The molecule has 122 valence electrons. The van der Waals surface area contributed by atoms with E-state index < -0.39 is 0 Å². The van der Waals surface area contributed by atoms with Crippen LogP contribution < -0.4 is 0 Å². The van der Waals surface area contributed by atoms with E-state index in [-0.39, 0.29) is 0 Å². The second-order valence-corrected chi connectivity index (χ2v) is 7.85. The van der Waals surface area contributed by atoms with Crippen LogP contribution in [-0.2, 0) is 0 Å². The lowest BCUT2D eigenvalue weighted by Gasteiger charge is -2.14. The van der Waals surface area contributed by atoms with E-state index >= 15 is 0 Å². The molecule has 1 fully saturated rings. The van der Waals surface area contributed by atoms with Crippen molar-refractivity contribution >= 4 is 0 Å². The summed E-state index contributed by atoms with van der Waals surface area (Å²) in [5.74, 6) is 2.73. The van der Waals surface area contributed by atoms with Crippen molar-refractivity contribution in [2.45, 2.75) is 70.6 Å². The van der Waals surface area contributed by atoms with Gasteiger partial charge in [0, 0.05) is 0 Å². The number of hydrogen-bond acceptors (Lipinski definition) is 0. The molecule has 3 rings (SSSR count). The Balaban J connectivity index is 1.68. The topological polar surface area (TPSA) is 0 Å². The largest absolute Gasteiger partial charge is 0.0587 e. The number of rotatable bonds is 4. The zero-order valence-corrected chi connectivity index (χ0v) is 15.0. The van der Waals surface area contributed by atoms with Crippen molar-refractivity contribution in [3.8, 4) is 0 Å². The highest BCUT2D eigenvalue weighted by Gasteiger charge is 2.27. The minimum atomic E-state index is 0.625. The van der Waals surface area contributed by atoms with Gasteiger partial charge in [0.25, 0.3) is 0 Å². The van der Waals surface area contributed by atoms with Crippen molar-refractivity contribution < 1.29 is 0 Å². The molecule has 1 saturated carbocycles. The molecule has 0 radical (unpaired) electrons. The highest BCUT2D eigenvalue weighted by Crippen LogP contribution is 2.43. The lowest BCUT2D eigenvalue weighted by molar-refractivity contribution is 0.684. The summed E-state index contributed by atoms with van der Waals surface area (Å²) in [5, 5.41) is 0. The van der Waals surface area contributed by atoms with Crippen LogP contribution in [-0.4, -0.2) is 0 Å². The summed E-state index contributed by atoms with van der Waals surface area (Å²) in [6.07, 6.45) is 3.97. The maximum atomic E-state index is 2.37. The van der Waals surface area contributed by atoms with E-state index in [1.165, 1.54) is 41.5 Å². The SMILES string of the molecule is CC(C)c1ccc(C2CCC(c3ccc(C(C)C)cc3)C2)cc1. The summed E-state index contributed by atoms with van der Waals surface area (Å²) in [4.78, 5) is 0. The normalized spacial score (nSPS) is 21.3. The third kappa shape index (κ3) is 3.68. The fourth-order valence-corrected chi connectivity index (χ4v) is 3.89. The van der Waals surface area contributed by atoms with E-state index in [1.807, 2.05) is 0 Å². The molecule has 0 aromatic heterocycles. The van der Waals surface area contributed by atoms with Gasteiger partial charge in [0.05, 0.1) is 0 Å². The average molecular weight is 306 g/mol. The smallest absolute Gasteiger partial charge is 0.0156 e. The van der Waals surface area contributed by atoms with Crippen LogP contribution in [0.1, 0.15) is 92.9 Å². The standard InChI is InChI=1S/C23H30/c1-16(2)18-5-9-20(10-6-18)22-13-14-23(15-22)21-11-7-19(8-12-21)17(3)4/h5-12,16-17,22-23H,13-15H2,1-4H3. The maximum absolute atomic E-state index is 2.37. The predicted molar refractivity (Wildman–Crippen MR) is 100 cm³/mol. The summed E-state index contributed by atoms with van der Waals surface area (Å²) in [6.45, 7) is 9.06. The van der Waals surface area contributed by atoms with E-state index in [0.717, 1.165) is 11.8 Å². The Morgan fingerprint density at radius 3 is 1.26 bits per heavy atom. The molecule has 0 N–H and O–H groups in total. The van der Waals surface area contributed by atoms with Gasteiger partial charge >= 0.3 is 0 Å². The van der Waals surface area contributed by atoms with Crippen LogP contribution in [0.25, 0.3) is 0 Å². The van der Waals surface area contributed by atoms with Crippen LogP contribution in [0.3, 0.4) is 0 Å². The second kappa shape index (κ2) is 6.91. The fraction of sp³-hybridized carbons (Fsp3) is 0.478.